The summed E-state index contributed by atoms with van der Waals surface area (Å²) in [6.07, 6.45) is 2.33. The number of hydrogen-bond acceptors (Lipinski definition) is 3. The molecule has 1 saturated heterocycles. The molecule has 0 aliphatic carbocycles. The second kappa shape index (κ2) is 7.05. The van der Waals surface area contributed by atoms with Crippen LogP contribution in [0.3, 0.4) is 0 Å². The van der Waals surface area contributed by atoms with Crippen LogP contribution in [-0.4, -0.2) is 24.7 Å². The first-order valence-corrected chi connectivity index (χ1v) is 8.76. The van der Waals surface area contributed by atoms with Gasteiger partial charge < -0.3 is 4.74 Å². The van der Waals surface area contributed by atoms with Gasteiger partial charge in [0.1, 0.15) is 0 Å². The van der Waals surface area contributed by atoms with E-state index in [0.717, 1.165) is 37.6 Å². The average Bonchev–Trinajstić information content (AvgIpc) is 2.39. The molecule has 0 spiro atoms. The van der Waals surface area contributed by atoms with E-state index in [1.54, 1.807) is 0 Å². The van der Waals surface area contributed by atoms with Gasteiger partial charge >= 0.3 is 0 Å². The molecule has 3 heteroatoms. The lowest BCUT2D eigenvalue weighted by atomic mass is 9.84. The van der Waals surface area contributed by atoms with E-state index in [4.69, 9.17) is 4.74 Å². The highest BCUT2D eigenvalue weighted by atomic mass is 32.2. The summed E-state index contributed by atoms with van der Waals surface area (Å²) in [5, 5.41) is 0. The van der Waals surface area contributed by atoms with Gasteiger partial charge in [0, 0.05) is 24.7 Å². The fourth-order valence-electron chi connectivity index (χ4n) is 2.69. The standard InChI is InChI=1S/C16H24OS2/c1-13-7-14(2)9-15(8-13)10-19-12-16(11-18)3-5-17-6-4-16/h7-9,18H,3-6,10-12H2,1-2H3. The fraction of sp³-hybridized carbons (Fsp3) is 0.625. The molecule has 1 aromatic carbocycles. The largest absolute Gasteiger partial charge is 0.381 e. The van der Waals surface area contributed by atoms with Crippen LogP contribution in [0.4, 0.5) is 0 Å². The van der Waals surface area contributed by atoms with Crippen LogP contribution >= 0.6 is 24.4 Å². The second-order valence-electron chi connectivity index (χ2n) is 5.76. The Morgan fingerprint density at radius 3 is 2.37 bits per heavy atom. The highest BCUT2D eigenvalue weighted by Crippen LogP contribution is 2.36. The molecule has 1 nitrogen and oxygen atoms in total. The highest BCUT2D eigenvalue weighted by molar-refractivity contribution is 7.98. The molecule has 0 bridgehead atoms. The van der Waals surface area contributed by atoms with Crippen LogP contribution in [0.1, 0.15) is 29.5 Å². The number of benzene rings is 1. The van der Waals surface area contributed by atoms with Gasteiger partial charge in [-0.15, -0.1) is 0 Å². The van der Waals surface area contributed by atoms with E-state index < -0.39 is 0 Å². The number of hydrogen-bond donors (Lipinski definition) is 1. The lowest BCUT2D eigenvalue weighted by Gasteiger charge is -2.35. The molecule has 19 heavy (non-hydrogen) atoms. The molecule has 1 aromatic rings. The van der Waals surface area contributed by atoms with Crippen molar-refractivity contribution in [1.29, 1.82) is 0 Å². The topological polar surface area (TPSA) is 9.23 Å². The van der Waals surface area contributed by atoms with E-state index in [-0.39, 0.29) is 0 Å². The molecule has 0 saturated carbocycles. The van der Waals surface area contributed by atoms with Crippen LogP contribution < -0.4 is 0 Å². The third kappa shape index (κ3) is 4.44. The van der Waals surface area contributed by atoms with E-state index in [1.165, 1.54) is 22.4 Å². The normalized spacial score (nSPS) is 18.5. The lowest BCUT2D eigenvalue weighted by Crippen LogP contribution is -2.33. The van der Waals surface area contributed by atoms with Crippen LogP contribution in [0.2, 0.25) is 0 Å². The van der Waals surface area contributed by atoms with Gasteiger partial charge in [0.2, 0.25) is 0 Å². The van der Waals surface area contributed by atoms with Crippen molar-refractivity contribution in [2.45, 2.75) is 32.4 Å². The van der Waals surface area contributed by atoms with Crippen molar-refractivity contribution in [3.8, 4) is 0 Å². The van der Waals surface area contributed by atoms with Crippen molar-refractivity contribution < 1.29 is 4.74 Å². The van der Waals surface area contributed by atoms with E-state index >= 15 is 0 Å². The molecule has 0 aromatic heterocycles. The molecule has 0 unspecified atom stereocenters. The SMILES string of the molecule is Cc1cc(C)cc(CSCC2(CS)CCOCC2)c1. The summed E-state index contributed by atoms with van der Waals surface area (Å²) in [5.74, 6) is 3.29. The molecule has 0 radical (unpaired) electrons. The fourth-order valence-corrected chi connectivity index (χ4v) is 4.60. The smallest absolute Gasteiger partial charge is 0.0471 e. The Labute approximate surface area is 126 Å². The maximum absolute atomic E-state index is 5.48. The number of thioether (sulfide) groups is 1. The third-order valence-corrected chi connectivity index (χ3v) is 5.87. The molecule has 1 fully saturated rings. The van der Waals surface area contributed by atoms with Crippen LogP contribution in [0, 0.1) is 19.3 Å². The first kappa shape index (κ1) is 15.3. The van der Waals surface area contributed by atoms with E-state index in [2.05, 4.69) is 44.7 Å². The number of rotatable bonds is 5. The summed E-state index contributed by atoms with van der Waals surface area (Å²) < 4.78 is 5.48. The van der Waals surface area contributed by atoms with Gasteiger partial charge in [-0.2, -0.15) is 24.4 Å². The zero-order valence-corrected chi connectivity index (χ0v) is 13.7. The summed E-state index contributed by atoms with van der Waals surface area (Å²) >= 11 is 6.62. The van der Waals surface area contributed by atoms with Gasteiger partial charge in [-0.3, -0.25) is 0 Å². The maximum atomic E-state index is 5.48. The average molecular weight is 297 g/mol. The van der Waals surface area contributed by atoms with Crippen LogP contribution in [0.15, 0.2) is 18.2 Å². The highest BCUT2D eigenvalue weighted by Gasteiger charge is 2.30. The molecular weight excluding hydrogens is 272 g/mol. The molecule has 0 atom stereocenters. The first-order chi connectivity index (χ1) is 9.13. The van der Waals surface area contributed by atoms with Crippen LogP contribution in [0.5, 0.6) is 0 Å². The van der Waals surface area contributed by atoms with E-state index in [1.807, 2.05) is 11.8 Å². The predicted octanol–water partition coefficient (Wildman–Crippen LogP) is 4.26. The lowest BCUT2D eigenvalue weighted by molar-refractivity contribution is 0.0371. The van der Waals surface area contributed by atoms with Crippen LogP contribution in [0.25, 0.3) is 0 Å². The van der Waals surface area contributed by atoms with Gasteiger partial charge in [-0.05, 0) is 43.4 Å². The monoisotopic (exact) mass is 296 g/mol. The number of thiol groups is 1. The Kier molecular flexibility index (Phi) is 5.67. The van der Waals surface area contributed by atoms with E-state index in [9.17, 15) is 0 Å². The van der Waals surface area contributed by atoms with Crippen molar-refractivity contribution in [2.75, 3.05) is 24.7 Å². The minimum Gasteiger partial charge on any atom is -0.381 e. The molecule has 106 valence electrons. The molecular formula is C16H24OS2. The molecule has 0 N–H and O–H groups in total. The van der Waals surface area contributed by atoms with Gasteiger partial charge in [0.15, 0.2) is 0 Å². The molecule has 1 heterocycles. The summed E-state index contributed by atoms with van der Waals surface area (Å²) in [6.45, 7) is 6.17. The molecule has 1 aliphatic rings. The van der Waals surface area contributed by atoms with E-state index in [0.29, 0.717) is 5.41 Å². The Hall–Kier alpha value is -0.120. The van der Waals surface area contributed by atoms with Gasteiger partial charge in [-0.1, -0.05) is 29.3 Å². The summed E-state index contributed by atoms with van der Waals surface area (Å²) in [4.78, 5) is 0. The molecule has 0 amide bonds. The second-order valence-corrected chi connectivity index (χ2v) is 7.06. The Morgan fingerprint density at radius 1 is 1.16 bits per heavy atom. The van der Waals surface area contributed by atoms with Crippen molar-refractivity contribution >= 4 is 24.4 Å². The quantitative estimate of drug-likeness (QED) is 0.813. The van der Waals surface area contributed by atoms with Crippen molar-refractivity contribution in [3.05, 3.63) is 34.9 Å². The minimum absolute atomic E-state index is 0.394. The predicted molar refractivity (Wildman–Crippen MR) is 88.4 cm³/mol. The van der Waals surface area contributed by atoms with Crippen LogP contribution in [-0.2, 0) is 10.5 Å². The van der Waals surface area contributed by atoms with Gasteiger partial charge in [-0.25, -0.2) is 0 Å². The number of ether oxygens (including phenoxy) is 1. The Morgan fingerprint density at radius 2 is 1.79 bits per heavy atom. The summed E-state index contributed by atoms with van der Waals surface area (Å²) in [5.41, 5.74) is 4.57. The minimum atomic E-state index is 0.394. The van der Waals surface area contributed by atoms with Crippen molar-refractivity contribution in [1.82, 2.24) is 0 Å². The Bertz CT molecular complexity index is 391. The summed E-state index contributed by atoms with van der Waals surface area (Å²) in [7, 11) is 0. The summed E-state index contributed by atoms with van der Waals surface area (Å²) in [6, 6.07) is 6.84. The van der Waals surface area contributed by atoms with Crippen molar-refractivity contribution in [2.24, 2.45) is 5.41 Å². The Balaban J connectivity index is 1.88. The first-order valence-electron chi connectivity index (χ1n) is 6.97. The van der Waals surface area contributed by atoms with Gasteiger partial charge in [0.05, 0.1) is 0 Å². The molecule has 2 rings (SSSR count). The van der Waals surface area contributed by atoms with Crippen molar-refractivity contribution in [3.63, 3.8) is 0 Å². The zero-order valence-electron chi connectivity index (χ0n) is 11.9. The zero-order chi connectivity index (χ0) is 13.7. The molecule has 1 aliphatic heterocycles. The van der Waals surface area contributed by atoms with Gasteiger partial charge in [0.25, 0.3) is 0 Å². The number of aryl methyl sites for hydroxylation is 2. The third-order valence-electron chi connectivity index (χ3n) is 3.85. The maximum Gasteiger partial charge on any atom is 0.0471 e.